The van der Waals surface area contributed by atoms with E-state index in [1.165, 1.54) is 11.5 Å². The summed E-state index contributed by atoms with van der Waals surface area (Å²) < 4.78 is 1.38. The second-order valence-corrected chi connectivity index (χ2v) is 2.37. The molecule has 0 N–H and O–H groups in total. The molecule has 1 aromatic heterocycles. The van der Waals surface area contributed by atoms with Crippen molar-refractivity contribution in [2.75, 3.05) is 0 Å². The molecule has 0 fully saturated rings. The van der Waals surface area contributed by atoms with Gasteiger partial charge in [0.15, 0.2) is 6.29 Å². The molecule has 1 heterocycles. The van der Waals surface area contributed by atoms with Crippen LogP contribution in [0.4, 0.5) is 0 Å². The zero-order valence-corrected chi connectivity index (χ0v) is 6.50. The molecule has 3 heteroatoms. The van der Waals surface area contributed by atoms with Crippen molar-refractivity contribution in [3.63, 3.8) is 0 Å². The van der Waals surface area contributed by atoms with Gasteiger partial charge in [-0.1, -0.05) is 0 Å². The highest BCUT2D eigenvalue weighted by molar-refractivity contribution is 5.85. The van der Waals surface area contributed by atoms with Crippen molar-refractivity contribution in [1.82, 2.24) is 4.57 Å². The Labute approximate surface area is 64.6 Å². The molecular weight excluding hydrogens is 142 g/mol. The van der Waals surface area contributed by atoms with Crippen LogP contribution in [-0.4, -0.2) is 16.8 Å². The van der Waals surface area contributed by atoms with Gasteiger partial charge in [-0.15, -0.1) is 0 Å². The number of aldehydes is 1. The smallest absolute Gasteiger partial charge is 0.228 e. The van der Waals surface area contributed by atoms with E-state index in [4.69, 9.17) is 0 Å². The Balaban J connectivity index is 3.28. The Kier molecular flexibility index (Phi) is 1.89. The van der Waals surface area contributed by atoms with E-state index in [1.54, 1.807) is 19.1 Å². The standard InChI is InChI=1S/C8H9NO2/c1-6-3-4-8(5-10)9(6)7(2)11/h3-5H,1-2H3. The van der Waals surface area contributed by atoms with Gasteiger partial charge >= 0.3 is 0 Å². The second kappa shape index (κ2) is 2.70. The molecule has 0 saturated carbocycles. The van der Waals surface area contributed by atoms with E-state index in [9.17, 15) is 9.59 Å². The molecule has 0 aliphatic rings. The first-order chi connectivity index (χ1) is 5.16. The summed E-state index contributed by atoms with van der Waals surface area (Å²) in [4.78, 5) is 21.3. The maximum Gasteiger partial charge on any atom is 0.228 e. The Hall–Kier alpha value is -1.38. The molecule has 0 radical (unpaired) electrons. The lowest BCUT2D eigenvalue weighted by Crippen LogP contribution is -2.10. The summed E-state index contributed by atoms with van der Waals surface area (Å²) in [5, 5.41) is 0. The van der Waals surface area contributed by atoms with Crippen LogP contribution in [-0.2, 0) is 0 Å². The van der Waals surface area contributed by atoms with Crippen molar-refractivity contribution in [2.45, 2.75) is 13.8 Å². The first kappa shape index (κ1) is 7.72. The maximum absolute atomic E-state index is 10.9. The SMILES string of the molecule is CC(=O)n1c(C)ccc1C=O. The van der Waals surface area contributed by atoms with Gasteiger partial charge in [-0.05, 0) is 19.1 Å². The van der Waals surface area contributed by atoms with Gasteiger partial charge in [-0.2, -0.15) is 0 Å². The van der Waals surface area contributed by atoms with Crippen molar-refractivity contribution in [3.05, 3.63) is 23.5 Å². The number of carbonyl (C=O) groups excluding carboxylic acids is 2. The summed E-state index contributed by atoms with van der Waals surface area (Å²) in [5.74, 6) is -0.130. The topological polar surface area (TPSA) is 39.1 Å². The van der Waals surface area contributed by atoms with Gasteiger partial charge in [0.2, 0.25) is 5.91 Å². The van der Waals surface area contributed by atoms with Crippen molar-refractivity contribution in [2.24, 2.45) is 0 Å². The van der Waals surface area contributed by atoms with E-state index in [2.05, 4.69) is 0 Å². The van der Waals surface area contributed by atoms with Gasteiger partial charge < -0.3 is 0 Å². The van der Waals surface area contributed by atoms with Crippen LogP contribution in [0, 0.1) is 6.92 Å². The average Bonchev–Trinajstić information content (AvgIpc) is 2.30. The van der Waals surface area contributed by atoms with Crippen LogP contribution in [0.15, 0.2) is 12.1 Å². The molecule has 0 spiro atoms. The molecule has 3 nitrogen and oxygen atoms in total. The highest BCUT2D eigenvalue weighted by atomic mass is 16.2. The molecule has 0 aliphatic heterocycles. The van der Waals surface area contributed by atoms with Crippen LogP contribution in [0.1, 0.15) is 27.9 Å². The molecule has 0 atom stereocenters. The Morgan fingerprint density at radius 1 is 1.55 bits per heavy atom. The Morgan fingerprint density at radius 3 is 2.55 bits per heavy atom. The lowest BCUT2D eigenvalue weighted by molar-refractivity contribution is 0.0922. The van der Waals surface area contributed by atoms with E-state index >= 15 is 0 Å². The predicted octanol–water partition coefficient (Wildman–Crippen LogP) is 1.27. The van der Waals surface area contributed by atoms with E-state index < -0.39 is 0 Å². The summed E-state index contributed by atoms with van der Waals surface area (Å²) >= 11 is 0. The van der Waals surface area contributed by atoms with Crippen molar-refractivity contribution < 1.29 is 9.59 Å². The third-order valence-electron chi connectivity index (χ3n) is 1.54. The zero-order valence-electron chi connectivity index (χ0n) is 6.50. The van der Waals surface area contributed by atoms with Gasteiger partial charge in [0, 0.05) is 12.6 Å². The number of nitrogens with zero attached hydrogens (tertiary/aromatic N) is 1. The lowest BCUT2D eigenvalue weighted by atomic mass is 10.5. The highest BCUT2D eigenvalue weighted by Gasteiger charge is 2.06. The van der Waals surface area contributed by atoms with Crippen LogP contribution in [0.3, 0.4) is 0 Å². The van der Waals surface area contributed by atoms with Crippen molar-refractivity contribution >= 4 is 12.2 Å². The Bertz CT molecular complexity index is 299. The first-order valence-corrected chi connectivity index (χ1v) is 3.31. The molecular formula is C8H9NO2. The number of hydrogen-bond donors (Lipinski definition) is 0. The summed E-state index contributed by atoms with van der Waals surface area (Å²) in [5.41, 5.74) is 1.20. The number of aryl methyl sites for hydroxylation is 1. The normalized spacial score (nSPS) is 9.64. The molecule has 58 valence electrons. The molecule has 0 aromatic carbocycles. The average molecular weight is 151 g/mol. The highest BCUT2D eigenvalue weighted by Crippen LogP contribution is 2.05. The predicted molar refractivity (Wildman–Crippen MR) is 40.9 cm³/mol. The number of carbonyl (C=O) groups is 2. The lowest BCUT2D eigenvalue weighted by Gasteiger charge is -2.00. The maximum atomic E-state index is 10.9. The number of hydrogen-bond acceptors (Lipinski definition) is 2. The van der Waals surface area contributed by atoms with Gasteiger partial charge in [0.25, 0.3) is 0 Å². The third-order valence-corrected chi connectivity index (χ3v) is 1.54. The molecule has 0 saturated heterocycles. The summed E-state index contributed by atoms with van der Waals surface area (Å²) in [6, 6.07) is 3.37. The zero-order chi connectivity index (χ0) is 8.43. The van der Waals surface area contributed by atoms with Crippen molar-refractivity contribution in [3.8, 4) is 0 Å². The van der Waals surface area contributed by atoms with E-state index in [0.29, 0.717) is 12.0 Å². The van der Waals surface area contributed by atoms with E-state index in [1.807, 2.05) is 0 Å². The second-order valence-electron chi connectivity index (χ2n) is 2.37. The molecule has 0 unspecified atom stereocenters. The van der Waals surface area contributed by atoms with Gasteiger partial charge in [0.1, 0.15) is 0 Å². The van der Waals surface area contributed by atoms with Crippen LogP contribution in [0.2, 0.25) is 0 Å². The van der Waals surface area contributed by atoms with Gasteiger partial charge in [0.05, 0.1) is 5.69 Å². The fraction of sp³-hybridized carbons (Fsp3) is 0.250. The van der Waals surface area contributed by atoms with Gasteiger partial charge in [-0.25, -0.2) is 0 Å². The monoisotopic (exact) mass is 151 g/mol. The summed E-state index contributed by atoms with van der Waals surface area (Å²) in [7, 11) is 0. The largest absolute Gasteiger partial charge is 0.296 e. The quantitative estimate of drug-likeness (QED) is 0.567. The number of rotatable bonds is 1. The Morgan fingerprint density at radius 2 is 2.18 bits per heavy atom. The van der Waals surface area contributed by atoms with Crippen LogP contribution in [0.5, 0.6) is 0 Å². The van der Waals surface area contributed by atoms with Crippen LogP contribution < -0.4 is 0 Å². The van der Waals surface area contributed by atoms with Crippen LogP contribution >= 0.6 is 0 Å². The fourth-order valence-electron chi connectivity index (χ4n) is 1.08. The first-order valence-electron chi connectivity index (χ1n) is 3.31. The van der Waals surface area contributed by atoms with E-state index in [-0.39, 0.29) is 5.91 Å². The fourth-order valence-corrected chi connectivity index (χ4v) is 1.08. The molecule has 1 aromatic rings. The van der Waals surface area contributed by atoms with Crippen molar-refractivity contribution in [1.29, 1.82) is 0 Å². The minimum Gasteiger partial charge on any atom is -0.296 e. The number of aromatic nitrogens is 1. The van der Waals surface area contributed by atoms with Gasteiger partial charge in [-0.3, -0.25) is 14.2 Å². The molecule has 0 amide bonds. The molecule has 11 heavy (non-hydrogen) atoms. The summed E-state index contributed by atoms with van der Waals surface area (Å²) in [6.45, 7) is 3.22. The molecule has 0 aliphatic carbocycles. The minimum atomic E-state index is -0.130. The van der Waals surface area contributed by atoms with E-state index in [0.717, 1.165) is 5.69 Å². The van der Waals surface area contributed by atoms with Crippen LogP contribution in [0.25, 0.3) is 0 Å². The molecule has 1 rings (SSSR count). The minimum absolute atomic E-state index is 0.130. The molecule has 0 bridgehead atoms. The third kappa shape index (κ3) is 1.22. The summed E-state index contributed by atoms with van der Waals surface area (Å²) in [6.07, 6.45) is 0.675.